The van der Waals surface area contributed by atoms with E-state index in [-0.39, 0.29) is 49.5 Å². The predicted molar refractivity (Wildman–Crippen MR) is 138 cm³/mol. The van der Waals surface area contributed by atoms with Gasteiger partial charge in [0.15, 0.2) is 5.75 Å². The van der Waals surface area contributed by atoms with E-state index in [0.717, 1.165) is 23.8 Å². The van der Waals surface area contributed by atoms with Crippen LogP contribution < -0.4 is 25.6 Å². The highest BCUT2D eigenvalue weighted by Crippen LogP contribution is 2.33. The molecule has 3 N–H and O–H groups in total. The minimum Gasteiger partial charge on any atom is -0.446 e. The Hall–Kier alpha value is -3.49. The summed E-state index contributed by atoms with van der Waals surface area (Å²) in [5.41, 5.74) is 0.137. The van der Waals surface area contributed by atoms with Crippen LogP contribution in [-0.4, -0.2) is 68.9 Å². The number of benzene rings is 1. The molecule has 210 valence electrons. The number of halogens is 3. The van der Waals surface area contributed by atoms with Crippen molar-refractivity contribution in [3.63, 3.8) is 0 Å². The van der Waals surface area contributed by atoms with Crippen molar-refractivity contribution in [2.45, 2.75) is 38.0 Å². The normalized spacial score (nSPS) is 16.3. The molecule has 1 aliphatic heterocycles. The Bertz CT molecular complexity index is 1230. The predicted octanol–water partition coefficient (Wildman–Crippen LogP) is 3.38. The molecule has 2 fully saturated rings. The van der Waals surface area contributed by atoms with E-state index in [2.05, 4.69) is 20.7 Å². The van der Waals surface area contributed by atoms with Crippen LogP contribution in [0.15, 0.2) is 30.3 Å². The Labute approximate surface area is 230 Å². The first-order chi connectivity index (χ1) is 18.7. The standard InChI is InChI=1S/C24H25ClF2N4O7S/c25-19-7-6-18(39-19)22(34)28-11-15(30-24(35)37-14-2-1-3-14)21(33)29-13-4-5-16(17(10-13)38-23(26)27)31-8-9-36-12-20(31)32/h4-7,10,14-15,23H,1-3,8-9,11-12H2,(H,28,34)(H,29,33)(H,30,35)/t15-/m1/s1. The van der Waals surface area contributed by atoms with Gasteiger partial charge in [0.1, 0.15) is 18.8 Å². The van der Waals surface area contributed by atoms with Gasteiger partial charge in [-0.15, -0.1) is 11.3 Å². The van der Waals surface area contributed by atoms with Crippen molar-refractivity contribution in [3.8, 4) is 5.75 Å². The Morgan fingerprint density at radius 3 is 2.64 bits per heavy atom. The summed E-state index contributed by atoms with van der Waals surface area (Å²) in [6, 6.07) is 5.67. The smallest absolute Gasteiger partial charge is 0.408 e. The summed E-state index contributed by atoms with van der Waals surface area (Å²) in [5, 5.41) is 7.52. The quantitative estimate of drug-likeness (QED) is 0.388. The van der Waals surface area contributed by atoms with Gasteiger partial charge in [0.05, 0.1) is 21.5 Å². The van der Waals surface area contributed by atoms with E-state index in [4.69, 9.17) is 21.1 Å². The molecule has 4 rings (SSSR count). The molecule has 4 amide bonds. The third kappa shape index (κ3) is 7.77. The molecule has 2 heterocycles. The monoisotopic (exact) mass is 586 g/mol. The molecule has 2 aromatic rings. The van der Waals surface area contributed by atoms with Gasteiger partial charge >= 0.3 is 12.7 Å². The fourth-order valence-electron chi connectivity index (χ4n) is 3.75. The van der Waals surface area contributed by atoms with Crippen LogP contribution in [0.2, 0.25) is 4.34 Å². The lowest BCUT2D eigenvalue weighted by Gasteiger charge is -2.28. The third-order valence-electron chi connectivity index (χ3n) is 5.92. The molecular weight excluding hydrogens is 562 g/mol. The molecule has 1 aliphatic carbocycles. The van der Waals surface area contributed by atoms with Gasteiger partial charge < -0.3 is 35.1 Å². The highest BCUT2D eigenvalue weighted by Gasteiger charge is 2.28. The van der Waals surface area contributed by atoms with E-state index in [0.29, 0.717) is 22.1 Å². The van der Waals surface area contributed by atoms with E-state index >= 15 is 0 Å². The number of thiophene rings is 1. The van der Waals surface area contributed by atoms with Crippen LogP contribution in [0.4, 0.5) is 25.0 Å². The van der Waals surface area contributed by atoms with Gasteiger partial charge in [-0.25, -0.2) is 4.79 Å². The van der Waals surface area contributed by atoms with Gasteiger partial charge in [0, 0.05) is 24.8 Å². The molecule has 0 radical (unpaired) electrons. The van der Waals surface area contributed by atoms with Crippen molar-refractivity contribution < 1.29 is 42.2 Å². The lowest BCUT2D eigenvalue weighted by molar-refractivity contribution is -0.125. The first-order valence-electron chi connectivity index (χ1n) is 12.0. The fourth-order valence-corrected chi connectivity index (χ4v) is 4.71. The van der Waals surface area contributed by atoms with E-state index in [1.54, 1.807) is 6.07 Å². The number of hydrogen-bond donors (Lipinski definition) is 3. The molecule has 1 saturated carbocycles. The van der Waals surface area contributed by atoms with E-state index < -0.39 is 36.5 Å². The van der Waals surface area contributed by atoms with Gasteiger partial charge in [-0.3, -0.25) is 14.4 Å². The number of carbonyl (C=O) groups excluding carboxylic acids is 4. The summed E-state index contributed by atoms with van der Waals surface area (Å²) >= 11 is 6.91. The van der Waals surface area contributed by atoms with Gasteiger partial charge in [-0.2, -0.15) is 8.78 Å². The highest BCUT2D eigenvalue weighted by atomic mass is 35.5. The number of alkyl carbamates (subject to hydrolysis) is 1. The van der Waals surface area contributed by atoms with Crippen LogP contribution >= 0.6 is 22.9 Å². The Balaban J connectivity index is 1.48. The Kier molecular flexibility index (Phi) is 9.54. The second-order valence-corrected chi connectivity index (χ2v) is 10.3. The number of anilines is 2. The minimum atomic E-state index is -3.19. The lowest BCUT2D eigenvalue weighted by atomic mass is 9.96. The zero-order chi connectivity index (χ0) is 27.9. The molecule has 1 atom stereocenters. The molecule has 0 bridgehead atoms. The maximum atomic E-state index is 13.1. The summed E-state index contributed by atoms with van der Waals surface area (Å²) in [4.78, 5) is 51.7. The number of nitrogens with one attached hydrogen (secondary N) is 3. The van der Waals surface area contributed by atoms with Crippen LogP contribution in [0.25, 0.3) is 0 Å². The van der Waals surface area contributed by atoms with E-state index in [1.165, 1.54) is 23.1 Å². The molecule has 15 heteroatoms. The van der Waals surface area contributed by atoms with Crippen LogP contribution in [0.1, 0.15) is 28.9 Å². The summed E-state index contributed by atoms with van der Waals surface area (Å²) in [5.74, 6) is -2.04. The Morgan fingerprint density at radius 1 is 1.21 bits per heavy atom. The molecular formula is C24H25ClF2N4O7S. The maximum absolute atomic E-state index is 13.1. The second-order valence-electron chi connectivity index (χ2n) is 8.62. The first-order valence-corrected chi connectivity index (χ1v) is 13.2. The second kappa shape index (κ2) is 13.0. The zero-order valence-corrected chi connectivity index (χ0v) is 22.0. The summed E-state index contributed by atoms with van der Waals surface area (Å²) in [6.45, 7) is -3.36. The molecule has 0 spiro atoms. The van der Waals surface area contributed by atoms with Gasteiger partial charge in [0.25, 0.3) is 11.8 Å². The molecule has 1 saturated heterocycles. The van der Waals surface area contributed by atoms with Gasteiger partial charge in [0.2, 0.25) is 5.91 Å². The van der Waals surface area contributed by atoms with Crippen molar-refractivity contribution in [2.24, 2.45) is 0 Å². The number of morpholine rings is 1. The number of nitrogens with zero attached hydrogens (tertiary/aromatic N) is 1. The fraction of sp³-hybridized carbons (Fsp3) is 0.417. The molecule has 0 unspecified atom stereocenters. The van der Waals surface area contributed by atoms with Gasteiger partial charge in [-0.1, -0.05) is 11.6 Å². The largest absolute Gasteiger partial charge is 0.446 e. The third-order valence-corrected chi connectivity index (χ3v) is 7.15. The van der Waals surface area contributed by atoms with Crippen molar-refractivity contribution >= 4 is 58.1 Å². The number of carbonyl (C=O) groups is 4. The maximum Gasteiger partial charge on any atom is 0.408 e. The SMILES string of the molecule is O=C(N[C@H](CNC(=O)c1ccc(Cl)s1)C(=O)Nc1ccc(N2CCOCC2=O)c(OC(F)F)c1)OC1CCC1. The summed E-state index contributed by atoms with van der Waals surface area (Å²) < 4.78 is 41.6. The number of ether oxygens (including phenoxy) is 3. The van der Waals surface area contributed by atoms with Crippen LogP contribution in [0, 0.1) is 0 Å². The average molecular weight is 587 g/mol. The number of hydrogen-bond acceptors (Lipinski definition) is 8. The molecule has 2 aliphatic rings. The number of rotatable bonds is 10. The summed E-state index contributed by atoms with van der Waals surface area (Å²) in [6.07, 6.45) is 1.27. The number of alkyl halides is 2. The number of amides is 4. The van der Waals surface area contributed by atoms with E-state index in [1.807, 2.05) is 0 Å². The lowest BCUT2D eigenvalue weighted by Crippen LogP contribution is -2.51. The van der Waals surface area contributed by atoms with Crippen molar-refractivity contribution in [1.82, 2.24) is 10.6 Å². The van der Waals surface area contributed by atoms with Crippen LogP contribution in [-0.2, 0) is 19.1 Å². The molecule has 11 nitrogen and oxygen atoms in total. The minimum absolute atomic E-state index is 0.0515. The Morgan fingerprint density at radius 2 is 2.00 bits per heavy atom. The zero-order valence-electron chi connectivity index (χ0n) is 20.4. The highest BCUT2D eigenvalue weighted by molar-refractivity contribution is 7.18. The van der Waals surface area contributed by atoms with Crippen LogP contribution in [0.5, 0.6) is 5.75 Å². The molecule has 1 aromatic carbocycles. The van der Waals surface area contributed by atoms with E-state index in [9.17, 15) is 28.0 Å². The topological polar surface area (TPSA) is 135 Å². The van der Waals surface area contributed by atoms with Gasteiger partial charge in [-0.05, 0) is 43.5 Å². The molecule has 1 aromatic heterocycles. The van der Waals surface area contributed by atoms with Crippen molar-refractivity contribution in [2.75, 3.05) is 36.5 Å². The summed E-state index contributed by atoms with van der Waals surface area (Å²) in [7, 11) is 0. The van der Waals surface area contributed by atoms with Crippen molar-refractivity contribution in [3.05, 3.63) is 39.5 Å². The first kappa shape index (κ1) is 28.5. The van der Waals surface area contributed by atoms with Crippen molar-refractivity contribution in [1.29, 1.82) is 0 Å². The molecule has 39 heavy (non-hydrogen) atoms. The van der Waals surface area contributed by atoms with Crippen LogP contribution in [0.3, 0.4) is 0 Å². The average Bonchev–Trinajstić information content (AvgIpc) is 3.30.